The summed E-state index contributed by atoms with van der Waals surface area (Å²) in [6.45, 7) is 1.59. The normalized spacial score (nSPS) is 19.0. The average Bonchev–Trinajstić information content (AvgIpc) is 3.27. The van der Waals surface area contributed by atoms with Gasteiger partial charge in [-0.3, -0.25) is 9.59 Å². The van der Waals surface area contributed by atoms with Gasteiger partial charge in [0.15, 0.2) is 0 Å². The molecule has 1 heterocycles. The Balaban J connectivity index is 1.55. The lowest BCUT2D eigenvalue weighted by Gasteiger charge is -2.24. The molecular weight excluding hydrogens is 354 g/mol. The van der Waals surface area contributed by atoms with Crippen LogP contribution in [0.1, 0.15) is 32.6 Å². The minimum absolute atomic E-state index is 0.283. The van der Waals surface area contributed by atoms with E-state index in [1.165, 1.54) is 0 Å². The van der Waals surface area contributed by atoms with Gasteiger partial charge in [-0.1, -0.05) is 61.4 Å². The highest BCUT2D eigenvalue weighted by Gasteiger charge is 2.54. The van der Waals surface area contributed by atoms with E-state index in [1.807, 2.05) is 54.6 Å². The van der Waals surface area contributed by atoms with Gasteiger partial charge >= 0.3 is 6.03 Å². The van der Waals surface area contributed by atoms with Crippen LogP contribution in [0.2, 0.25) is 0 Å². The predicted molar refractivity (Wildman–Crippen MR) is 107 cm³/mol. The summed E-state index contributed by atoms with van der Waals surface area (Å²) < 4.78 is 0. The maximum Gasteiger partial charge on any atom is 0.325 e. The molecule has 1 aliphatic heterocycles. The highest BCUT2D eigenvalue weighted by molar-refractivity contribution is 6.11. The van der Waals surface area contributed by atoms with Gasteiger partial charge in [0.05, 0.1) is 0 Å². The van der Waals surface area contributed by atoms with Crippen molar-refractivity contribution in [2.75, 3.05) is 5.32 Å². The molecule has 6 nitrogen and oxygen atoms in total. The number of hydrogen-bond acceptors (Lipinski definition) is 3. The van der Waals surface area contributed by atoms with Crippen LogP contribution < -0.4 is 10.6 Å². The van der Waals surface area contributed by atoms with Gasteiger partial charge in [-0.05, 0) is 31.4 Å². The van der Waals surface area contributed by atoms with E-state index in [-0.39, 0.29) is 11.8 Å². The molecule has 1 saturated heterocycles. The molecule has 2 aliphatic rings. The van der Waals surface area contributed by atoms with Crippen molar-refractivity contribution in [1.29, 1.82) is 0 Å². The molecule has 6 heteroatoms. The number of para-hydroxylation sites is 1. The van der Waals surface area contributed by atoms with Crippen molar-refractivity contribution in [1.82, 2.24) is 10.2 Å². The summed E-state index contributed by atoms with van der Waals surface area (Å²) in [5, 5.41) is 5.72. The highest BCUT2D eigenvalue weighted by Crippen LogP contribution is 2.36. The number of rotatable bonds is 4. The van der Waals surface area contributed by atoms with Crippen molar-refractivity contribution in [3.63, 3.8) is 0 Å². The summed E-state index contributed by atoms with van der Waals surface area (Å²) in [6.07, 6.45) is 3.09. The molecule has 1 aliphatic carbocycles. The van der Waals surface area contributed by atoms with E-state index >= 15 is 0 Å². The number of benzene rings is 2. The zero-order chi connectivity index (χ0) is 19.7. The van der Waals surface area contributed by atoms with Gasteiger partial charge in [0.2, 0.25) is 5.91 Å². The number of nitrogens with one attached hydrogen (secondary N) is 2. The van der Waals surface area contributed by atoms with Gasteiger partial charge < -0.3 is 10.6 Å². The molecule has 0 bridgehead atoms. The number of carbonyl (C=O) groups excluding carboxylic acids is 3. The summed E-state index contributed by atoms with van der Waals surface area (Å²) in [5.74, 6) is -0.670. The SMILES string of the molecule is C[C@H](C(=O)Nc1ccccc1-c1ccccc1)N1C(=O)NC2(CCCC2)C1=O. The van der Waals surface area contributed by atoms with Crippen LogP contribution >= 0.6 is 0 Å². The molecule has 1 spiro atoms. The van der Waals surface area contributed by atoms with Gasteiger partial charge in [0.1, 0.15) is 11.6 Å². The summed E-state index contributed by atoms with van der Waals surface area (Å²) in [4.78, 5) is 39.3. The third-order valence-electron chi connectivity index (χ3n) is 5.69. The Morgan fingerprint density at radius 3 is 2.39 bits per heavy atom. The molecule has 0 radical (unpaired) electrons. The molecule has 2 N–H and O–H groups in total. The van der Waals surface area contributed by atoms with E-state index in [2.05, 4.69) is 10.6 Å². The third kappa shape index (κ3) is 3.05. The molecule has 2 aromatic carbocycles. The Morgan fingerprint density at radius 1 is 1.04 bits per heavy atom. The number of hydrogen-bond donors (Lipinski definition) is 2. The number of nitrogens with zero attached hydrogens (tertiary/aromatic N) is 1. The summed E-state index contributed by atoms with van der Waals surface area (Å²) in [7, 11) is 0. The van der Waals surface area contributed by atoms with Gasteiger partial charge in [0.25, 0.3) is 5.91 Å². The van der Waals surface area contributed by atoms with Gasteiger partial charge in [-0.15, -0.1) is 0 Å². The monoisotopic (exact) mass is 377 g/mol. The molecular formula is C22H23N3O3. The zero-order valence-electron chi connectivity index (χ0n) is 15.8. The molecule has 28 heavy (non-hydrogen) atoms. The fraction of sp³-hybridized carbons (Fsp3) is 0.318. The minimum atomic E-state index is -0.892. The van der Waals surface area contributed by atoms with Crippen LogP contribution in [-0.2, 0) is 9.59 Å². The Bertz CT molecular complexity index is 920. The molecule has 2 aromatic rings. The van der Waals surface area contributed by atoms with E-state index in [9.17, 15) is 14.4 Å². The van der Waals surface area contributed by atoms with Crippen LogP contribution in [0.4, 0.5) is 10.5 Å². The predicted octanol–water partition coefficient (Wildman–Crippen LogP) is 3.55. The summed E-state index contributed by atoms with van der Waals surface area (Å²) in [5.41, 5.74) is 1.69. The van der Waals surface area contributed by atoms with Crippen molar-refractivity contribution in [2.45, 2.75) is 44.2 Å². The zero-order valence-corrected chi connectivity index (χ0v) is 15.8. The van der Waals surface area contributed by atoms with Crippen molar-refractivity contribution in [3.05, 3.63) is 54.6 Å². The summed E-state index contributed by atoms with van der Waals surface area (Å²) in [6, 6.07) is 15.9. The number of carbonyl (C=O) groups is 3. The van der Waals surface area contributed by atoms with E-state index in [0.717, 1.165) is 28.9 Å². The topological polar surface area (TPSA) is 78.5 Å². The number of imide groups is 1. The van der Waals surface area contributed by atoms with E-state index in [0.29, 0.717) is 18.5 Å². The second-order valence-corrected chi connectivity index (χ2v) is 7.47. The number of urea groups is 1. The lowest BCUT2D eigenvalue weighted by atomic mass is 9.97. The standard InChI is InChI=1S/C22H23N3O3/c1-15(25-20(27)22(24-21(25)28)13-7-8-14-22)19(26)23-18-12-6-5-11-17(18)16-9-3-2-4-10-16/h2-6,9-12,15H,7-8,13-14H2,1H3,(H,23,26)(H,24,28)/t15-/m1/s1. The Hall–Kier alpha value is -3.15. The molecule has 4 rings (SSSR count). The van der Waals surface area contributed by atoms with Crippen LogP contribution in [-0.4, -0.2) is 34.3 Å². The van der Waals surface area contributed by atoms with Crippen LogP contribution in [0.5, 0.6) is 0 Å². The summed E-state index contributed by atoms with van der Waals surface area (Å²) >= 11 is 0. The smallest absolute Gasteiger partial charge is 0.324 e. The average molecular weight is 377 g/mol. The molecule has 144 valence electrons. The third-order valence-corrected chi connectivity index (χ3v) is 5.69. The van der Waals surface area contributed by atoms with Gasteiger partial charge in [-0.25, -0.2) is 9.69 Å². The van der Waals surface area contributed by atoms with Crippen LogP contribution in [0, 0.1) is 0 Å². The van der Waals surface area contributed by atoms with Crippen molar-refractivity contribution < 1.29 is 14.4 Å². The Kier molecular flexibility index (Phi) is 4.63. The van der Waals surface area contributed by atoms with Crippen molar-refractivity contribution in [2.24, 2.45) is 0 Å². The quantitative estimate of drug-likeness (QED) is 0.800. The number of anilines is 1. The van der Waals surface area contributed by atoms with Gasteiger partial charge in [0, 0.05) is 11.3 Å². The Labute approximate surface area is 163 Å². The lowest BCUT2D eigenvalue weighted by molar-refractivity contribution is -0.136. The van der Waals surface area contributed by atoms with Crippen LogP contribution in [0.25, 0.3) is 11.1 Å². The molecule has 1 saturated carbocycles. The van der Waals surface area contributed by atoms with Crippen molar-refractivity contribution >= 4 is 23.5 Å². The highest BCUT2D eigenvalue weighted by atomic mass is 16.2. The minimum Gasteiger partial charge on any atom is -0.324 e. The van der Waals surface area contributed by atoms with E-state index in [1.54, 1.807) is 6.92 Å². The molecule has 2 fully saturated rings. The van der Waals surface area contributed by atoms with Gasteiger partial charge in [-0.2, -0.15) is 0 Å². The van der Waals surface area contributed by atoms with Crippen LogP contribution in [0.15, 0.2) is 54.6 Å². The Morgan fingerprint density at radius 2 is 1.68 bits per heavy atom. The van der Waals surface area contributed by atoms with E-state index < -0.39 is 17.6 Å². The molecule has 0 aromatic heterocycles. The van der Waals surface area contributed by atoms with E-state index in [4.69, 9.17) is 0 Å². The first-order valence-electron chi connectivity index (χ1n) is 9.63. The molecule has 1 atom stereocenters. The second kappa shape index (κ2) is 7.11. The largest absolute Gasteiger partial charge is 0.325 e. The maximum absolute atomic E-state index is 12.9. The molecule has 0 unspecified atom stereocenters. The number of amides is 4. The maximum atomic E-state index is 12.9. The first kappa shape index (κ1) is 18.2. The molecule has 4 amide bonds. The van der Waals surface area contributed by atoms with Crippen LogP contribution in [0.3, 0.4) is 0 Å². The first-order valence-corrected chi connectivity index (χ1v) is 9.63. The van der Waals surface area contributed by atoms with Crippen molar-refractivity contribution in [3.8, 4) is 11.1 Å². The fourth-order valence-corrected chi connectivity index (χ4v) is 4.13. The lowest BCUT2D eigenvalue weighted by Crippen LogP contribution is -2.48. The fourth-order valence-electron chi connectivity index (χ4n) is 4.13. The first-order chi connectivity index (χ1) is 13.5. The second-order valence-electron chi connectivity index (χ2n) is 7.47.